The fourth-order valence-corrected chi connectivity index (χ4v) is 5.28. The van der Waals surface area contributed by atoms with E-state index >= 15 is 0 Å². The minimum absolute atomic E-state index is 0.0442. The van der Waals surface area contributed by atoms with Crippen LogP contribution in [0.2, 0.25) is 0 Å². The third kappa shape index (κ3) is 6.10. The minimum atomic E-state index is -4.04. The lowest BCUT2D eigenvalue weighted by molar-refractivity contribution is 0.102. The highest BCUT2D eigenvalue weighted by Gasteiger charge is 2.28. The summed E-state index contributed by atoms with van der Waals surface area (Å²) in [5.74, 6) is 0.812. The molecule has 0 aliphatic rings. The smallest absolute Gasteiger partial charge is 0.264 e. The second kappa shape index (κ2) is 11.6. The van der Waals surface area contributed by atoms with Crippen LogP contribution in [0, 0.1) is 0 Å². The standard InChI is InChI=1S/C29H28N2O5S/c1-3-36-25-15-13-23(14-16-25)30-29(32)27-11-7-8-12-28(27)31(21-22-9-5-4-6-10-22)37(33,34)26-19-17-24(35-2)18-20-26/h4-20H,3,21H2,1-2H3,(H,30,32). The predicted molar refractivity (Wildman–Crippen MR) is 145 cm³/mol. The molecule has 37 heavy (non-hydrogen) atoms. The van der Waals surface area contributed by atoms with Gasteiger partial charge in [-0.25, -0.2) is 8.42 Å². The maximum atomic E-state index is 13.9. The third-order valence-corrected chi connectivity index (χ3v) is 7.43. The van der Waals surface area contributed by atoms with Crippen molar-refractivity contribution < 1.29 is 22.7 Å². The Labute approximate surface area is 217 Å². The number of anilines is 2. The Morgan fingerprint density at radius 3 is 2.08 bits per heavy atom. The van der Waals surface area contributed by atoms with E-state index in [1.807, 2.05) is 37.3 Å². The molecule has 0 bridgehead atoms. The van der Waals surface area contributed by atoms with Gasteiger partial charge < -0.3 is 14.8 Å². The zero-order valence-electron chi connectivity index (χ0n) is 20.6. The van der Waals surface area contributed by atoms with Crippen molar-refractivity contribution in [3.05, 3.63) is 114 Å². The van der Waals surface area contributed by atoms with Crippen molar-refractivity contribution in [3.63, 3.8) is 0 Å². The zero-order valence-corrected chi connectivity index (χ0v) is 21.4. The monoisotopic (exact) mass is 516 g/mol. The molecule has 0 aliphatic carbocycles. The van der Waals surface area contributed by atoms with Crippen LogP contribution in [0.1, 0.15) is 22.8 Å². The molecule has 0 radical (unpaired) electrons. The maximum Gasteiger partial charge on any atom is 0.264 e. The summed E-state index contributed by atoms with van der Waals surface area (Å²) in [6, 6.07) is 29.1. The Hall–Kier alpha value is -4.30. The van der Waals surface area contributed by atoms with Crippen LogP contribution in [0.15, 0.2) is 108 Å². The van der Waals surface area contributed by atoms with E-state index in [0.29, 0.717) is 23.8 Å². The lowest BCUT2D eigenvalue weighted by Gasteiger charge is -2.26. The van der Waals surface area contributed by atoms with Crippen LogP contribution in [0.5, 0.6) is 11.5 Å². The second-order valence-corrected chi connectivity index (χ2v) is 9.96. The molecule has 0 unspecified atom stereocenters. The molecule has 0 heterocycles. The van der Waals surface area contributed by atoms with Gasteiger partial charge in [-0.2, -0.15) is 0 Å². The fourth-order valence-electron chi connectivity index (χ4n) is 3.81. The highest BCUT2D eigenvalue weighted by molar-refractivity contribution is 7.92. The first-order chi connectivity index (χ1) is 17.9. The first kappa shape index (κ1) is 25.8. The molecule has 4 rings (SSSR count). The number of carbonyl (C=O) groups is 1. The molecule has 0 saturated heterocycles. The Kier molecular flexibility index (Phi) is 8.10. The van der Waals surface area contributed by atoms with Crippen LogP contribution in [-0.4, -0.2) is 28.0 Å². The van der Waals surface area contributed by atoms with Crippen molar-refractivity contribution in [2.24, 2.45) is 0 Å². The van der Waals surface area contributed by atoms with Gasteiger partial charge in [0.1, 0.15) is 11.5 Å². The van der Waals surface area contributed by atoms with Gasteiger partial charge in [0.15, 0.2) is 0 Å². The Morgan fingerprint density at radius 1 is 0.811 bits per heavy atom. The van der Waals surface area contributed by atoms with Crippen molar-refractivity contribution in [1.82, 2.24) is 0 Å². The number of amides is 1. The summed E-state index contributed by atoms with van der Waals surface area (Å²) in [7, 11) is -2.52. The molecule has 4 aromatic rings. The van der Waals surface area contributed by atoms with Crippen molar-refractivity contribution in [1.29, 1.82) is 0 Å². The minimum Gasteiger partial charge on any atom is -0.497 e. The Bertz CT molecular complexity index is 1440. The van der Waals surface area contributed by atoms with Crippen LogP contribution in [0.4, 0.5) is 11.4 Å². The first-order valence-corrected chi connectivity index (χ1v) is 13.2. The van der Waals surface area contributed by atoms with Gasteiger partial charge in [-0.05, 0) is 73.2 Å². The number of para-hydroxylation sites is 1. The fraction of sp³-hybridized carbons (Fsp3) is 0.138. The zero-order chi connectivity index (χ0) is 26.3. The van der Waals surface area contributed by atoms with E-state index in [2.05, 4.69) is 5.32 Å². The lowest BCUT2D eigenvalue weighted by atomic mass is 10.1. The molecular weight excluding hydrogens is 488 g/mol. The van der Waals surface area contributed by atoms with E-state index in [1.165, 1.54) is 23.5 Å². The molecule has 8 heteroatoms. The summed E-state index contributed by atoms with van der Waals surface area (Å²) in [5.41, 5.74) is 1.84. The summed E-state index contributed by atoms with van der Waals surface area (Å²) < 4.78 is 39.7. The van der Waals surface area contributed by atoms with E-state index in [1.54, 1.807) is 60.7 Å². The number of hydrogen-bond acceptors (Lipinski definition) is 5. The summed E-state index contributed by atoms with van der Waals surface area (Å²) in [4.78, 5) is 13.5. The summed E-state index contributed by atoms with van der Waals surface area (Å²) in [6.45, 7) is 2.48. The molecule has 0 atom stereocenters. The van der Waals surface area contributed by atoms with Gasteiger partial charge in [-0.3, -0.25) is 9.10 Å². The van der Waals surface area contributed by atoms with E-state index in [-0.39, 0.29) is 22.7 Å². The van der Waals surface area contributed by atoms with Crippen LogP contribution < -0.4 is 19.1 Å². The largest absolute Gasteiger partial charge is 0.497 e. The molecule has 1 N–H and O–H groups in total. The average molecular weight is 517 g/mol. The van der Waals surface area contributed by atoms with Crippen molar-refractivity contribution in [3.8, 4) is 11.5 Å². The van der Waals surface area contributed by atoms with Crippen molar-refractivity contribution >= 4 is 27.3 Å². The van der Waals surface area contributed by atoms with Gasteiger partial charge in [0, 0.05) is 5.69 Å². The molecule has 1 amide bonds. The number of nitrogens with one attached hydrogen (secondary N) is 1. The summed E-state index contributed by atoms with van der Waals surface area (Å²) >= 11 is 0. The molecule has 4 aromatic carbocycles. The van der Waals surface area contributed by atoms with E-state index in [0.717, 1.165) is 5.56 Å². The number of ether oxygens (including phenoxy) is 2. The van der Waals surface area contributed by atoms with Crippen molar-refractivity contribution in [2.75, 3.05) is 23.3 Å². The van der Waals surface area contributed by atoms with Gasteiger partial charge >= 0.3 is 0 Å². The van der Waals surface area contributed by atoms with E-state index in [9.17, 15) is 13.2 Å². The van der Waals surface area contributed by atoms with Crippen LogP contribution >= 0.6 is 0 Å². The number of methoxy groups -OCH3 is 1. The molecular formula is C29H28N2O5S. The van der Waals surface area contributed by atoms with Crippen LogP contribution in [0.25, 0.3) is 0 Å². The van der Waals surface area contributed by atoms with Gasteiger partial charge in [0.2, 0.25) is 0 Å². The number of hydrogen-bond donors (Lipinski definition) is 1. The SMILES string of the molecule is CCOc1ccc(NC(=O)c2ccccc2N(Cc2ccccc2)S(=O)(=O)c2ccc(OC)cc2)cc1. The topological polar surface area (TPSA) is 84.9 Å². The quantitative estimate of drug-likeness (QED) is 0.290. The highest BCUT2D eigenvalue weighted by atomic mass is 32.2. The Morgan fingerprint density at radius 2 is 1.43 bits per heavy atom. The predicted octanol–water partition coefficient (Wildman–Crippen LogP) is 5.74. The first-order valence-electron chi connectivity index (χ1n) is 11.8. The molecule has 0 saturated carbocycles. The van der Waals surface area contributed by atoms with Gasteiger partial charge in [0.05, 0.1) is 36.4 Å². The van der Waals surface area contributed by atoms with Crippen LogP contribution in [0.3, 0.4) is 0 Å². The molecule has 0 aromatic heterocycles. The average Bonchev–Trinajstić information content (AvgIpc) is 2.93. The summed E-state index contributed by atoms with van der Waals surface area (Å²) in [6.07, 6.45) is 0. The number of carbonyl (C=O) groups excluding carboxylic acids is 1. The molecule has 7 nitrogen and oxygen atoms in total. The van der Waals surface area contributed by atoms with Gasteiger partial charge in [-0.15, -0.1) is 0 Å². The van der Waals surface area contributed by atoms with Crippen LogP contribution in [-0.2, 0) is 16.6 Å². The number of benzene rings is 4. The number of rotatable bonds is 10. The summed E-state index contributed by atoms with van der Waals surface area (Å²) in [5, 5.41) is 2.86. The maximum absolute atomic E-state index is 13.9. The molecule has 190 valence electrons. The lowest BCUT2D eigenvalue weighted by Crippen LogP contribution is -2.32. The number of sulfonamides is 1. The Balaban J connectivity index is 1.73. The van der Waals surface area contributed by atoms with Gasteiger partial charge in [-0.1, -0.05) is 42.5 Å². The van der Waals surface area contributed by atoms with E-state index < -0.39 is 15.9 Å². The van der Waals surface area contributed by atoms with E-state index in [4.69, 9.17) is 9.47 Å². The number of nitrogens with zero attached hydrogens (tertiary/aromatic N) is 1. The van der Waals surface area contributed by atoms with Gasteiger partial charge in [0.25, 0.3) is 15.9 Å². The normalized spacial score (nSPS) is 11.0. The van der Waals surface area contributed by atoms with Crippen molar-refractivity contribution in [2.45, 2.75) is 18.4 Å². The molecule has 0 aliphatic heterocycles. The highest BCUT2D eigenvalue weighted by Crippen LogP contribution is 2.30. The molecule has 0 spiro atoms. The second-order valence-electron chi connectivity index (χ2n) is 8.10. The molecule has 0 fully saturated rings. The third-order valence-electron chi connectivity index (χ3n) is 5.66.